The van der Waals surface area contributed by atoms with Gasteiger partial charge in [-0.05, 0) is 0 Å². The van der Waals surface area contributed by atoms with Crippen molar-refractivity contribution in [3.05, 3.63) is 0 Å². The maximum Gasteiger partial charge on any atom is 0.353 e. The smallest absolute Gasteiger partial charge is 0.353 e. The van der Waals surface area contributed by atoms with E-state index in [1.807, 2.05) is 0 Å². The molecule has 0 aromatic rings. The van der Waals surface area contributed by atoms with E-state index in [1.54, 1.807) is 0 Å². The minimum atomic E-state index is -1.41. The van der Waals surface area contributed by atoms with Crippen molar-refractivity contribution in [2.45, 2.75) is 12.8 Å². The second-order valence-corrected chi connectivity index (χ2v) is 1.75. The summed E-state index contributed by atoms with van der Waals surface area (Å²) < 4.78 is 0. The Kier molecular flexibility index (Phi) is 3.65. The lowest BCUT2D eigenvalue weighted by Crippen LogP contribution is -2.14. The Labute approximate surface area is 61.8 Å². The average Bonchev–Trinajstić information content (AvgIpc) is 1.87. The standard InChI is InChI=1S/C5H7NO5/c7-4(8)2-1-3(6-11)5(9)10/h11H,1-2H2,(H,7,8)(H,9,10). The van der Waals surface area contributed by atoms with E-state index in [2.05, 4.69) is 5.16 Å². The zero-order valence-electron chi connectivity index (χ0n) is 5.52. The summed E-state index contributed by atoms with van der Waals surface area (Å²) in [6.07, 6.45) is -0.632. The second kappa shape index (κ2) is 4.26. The first kappa shape index (κ1) is 9.41. The largest absolute Gasteiger partial charge is 0.481 e. The molecule has 3 N–H and O–H groups in total. The van der Waals surface area contributed by atoms with Crippen LogP contribution in [0.15, 0.2) is 5.16 Å². The van der Waals surface area contributed by atoms with Crippen LogP contribution in [-0.2, 0) is 9.59 Å². The van der Waals surface area contributed by atoms with Crippen LogP contribution in [0.3, 0.4) is 0 Å². The van der Waals surface area contributed by atoms with Gasteiger partial charge in [-0.2, -0.15) is 0 Å². The zero-order chi connectivity index (χ0) is 8.85. The number of carboxylic acid groups (broad SMARTS) is 2. The highest BCUT2D eigenvalue weighted by atomic mass is 16.4. The van der Waals surface area contributed by atoms with Crippen LogP contribution < -0.4 is 0 Å². The van der Waals surface area contributed by atoms with Crippen LogP contribution in [0.5, 0.6) is 0 Å². The summed E-state index contributed by atoms with van der Waals surface area (Å²) in [7, 11) is 0. The van der Waals surface area contributed by atoms with Gasteiger partial charge in [0.15, 0.2) is 5.71 Å². The van der Waals surface area contributed by atoms with Crippen molar-refractivity contribution in [2.24, 2.45) is 5.16 Å². The van der Waals surface area contributed by atoms with Crippen molar-refractivity contribution in [1.29, 1.82) is 0 Å². The van der Waals surface area contributed by atoms with Crippen LogP contribution in [0, 0.1) is 0 Å². The fourth-order valence-corrected chi connectivity index (χ4v) is 0.425. The zero-order valence-corrected chi connectivity index (χ0v) is 5.52. The van der Waals surface area contributed by atoms with Crippen LogP contribution in [0.25, 0.3) is 0 Å². The van der Waals surface area contributed by atoms with Gasteiger partial charge in [0.1, 0.15) is 0 Å². The van der Waals surface area contributed by atoms with Crippen LogP contribution in [0.2, 0.25) is 0 Å². The summed E-state index contributed by atoms with van der Waals surface area (Å²) in [5.41, 5.74) is -0.549. The summed E-state index contributed by atoms with van der Waals surface area (Å²) in [5, 5.41) is 26.7. The van der Waals surface area contributed by atoms with Crippen molar-refractivity contribution in [1.82, 2.24) is 0 Å². The van der Waals surface area contributed by atoms with Crippen molar-refractivity contribution in [3.8, 4) is 0 Å². The molecule has 0 saturated carbocycles. The van der Waals surface area contributed by atoms with Crippen LogP contribution in [0.1, 0.15) is 12.8 Å². The fraction of sp³-hybridized carbons (Fsp3) is 0.400. The lowest BCUT2D eigenvalue weighted by atomic mass is 10.2. The third-order valence-corrected chi connectivity index (χ3v) is 0.943. The first-order chi connectivity index (χ1) is 5.07. The summed E-state index contributed by atoms with van der Waals surface area (Å²) in [4.78, 5) is 20.0. The van der Waals surface area contributed by atoms with Gasteiger partial charge in [-0.25, -0.2) is 4.79 Å². The molecule has 0 aliphatic rings. The number of nitrogens with zero attached hydrogens (tertiary/aromatic N) is 1. The van der Waals surface area contributed by atoms with Gasteiger partial charge in [0.05, 0.1) is 6.42 Å². The van der Waals surface area contributed by atoms with E-state index in [1.165, 1.54) is 0 Å². The normalized spacial score (nSPS) is 11.1. The maximum absolute atomic E-state index is 10.1. The Morgan fingerprint density at radius 3 is 2.00 bits per heavy atom. The van der Waals surface area contributed by atoms with Gasteiger partial charge in [-0.3, -0.25) is 4.79 Å². The van der Waals surface area contributed by atoms with Gasteiger partial charge < -0.3 is 15.4 Å². The highest BCUT2D eigenvalue weighted by Crippen LogP contribution is 1.92. The molecule has 62 valence electrons. The van der Waals surface area contributed by atoms with Crippen LogP contribution in [-0.4, -0.2) is 33.1 Å². The van der Waals surface area contributed by atoms with Crippen molar-refractivity contribution in [2.75, 3.05) is 0 Å². The van der Waals surface area contributed by atoms with Gasteiger partial charge in [-0.15, -0.1) is 0 Å². The van der Waals surface area contributed by atoms with E-state index >= 15 is 0 Å². The van der Waals surface area contributed by atoms with Crippen molar-refractivity contribution >= 4 is 17.7 Å². The molecule has 6 heteroatoms. The molecule has 0 unspecified atom stereocenters. The Morgan fingerprint density at radius 1 is 1.18 bits per heavy atom. The fourth-order valence-electron chi connectivity index (χ4n) is 0.425. The Morgan fingerprint density at radius 2 is 1.73 bits per heavy atom. The second-order valence-electron chi connectivity index (χ2n) is 1.75. The van der Waals surface area contributed by atoms with Gasteiger partial charge in [0.25, 0.3) is 0 Å². The van der Waals surface area contributed by atoms with Gasteiger partial charge in [-0.1, -0.05) is 5.16 Å². The summed E-state index contributed by atoms with van der Waals surface area (Å²) in [6.45, 7) is 0. The molecule has 0 aliphatic carbocycles. The highest BCUT2D eigenvalue weighted by molar-refractivity contribution is 6.35. The molecule has 0 aromatic carbocycles. The van der Waals surface area contributed by atoms with E-state index in [9.17, 15) is 9.59 Å². The van der Waals surface area contributed by atoms with Gasteiger partial charge in [0.2, 0.25) is 0 Å². The average molecular weight is 161 g/mol. The first-order valence-corrected chi connectivity index (χ1v) is 2.74. The van der Waals surface area contributed by atoms with E-state index in [-0.39, 0.29) is 12.8 Å². The minimum absolute atomic E-state index is 0.277. The van der Waals surface area contributed by atoms with Crippen LogP contribution in [0.4, 0.5) is 0 Å². The molecular weight excluding hydrogens is 154 g/mol. The number of oxime groups is 1. The molecule has 0 fully saturated rings. The van der Waals surface area contributed by atoms with Crippen molar-refractivity contribution < 1.29 is 25.0 Å². The molecule has 0 rings (SSSR count). The molecule has 6 nitrogen and oxygen atoms in total. The lowest BCUT2D eigenvalue weighted by Gasteiger charge is -1.93. The predicted molar refractivity (Wildman–Crippen MR) is 33.7 cm³/mol. The molecule has 0 saturated heterocycles. The summed E-state index contributed by atoms with van der Waals surface area (Å²) in [5.74, 6) is -2.54. The molecule has 0 heterocycles. The molecule has 0 spiro atoms. The minimum Gasteiger partial charge on any atom is -0.481 e. The number of aliphatic carboxylic acids is 2. The quantitative estimate of drug-likeness (QED) is 0.300. The Hall–Kier alpha value is -1.59. The Balaban J connectivity index is 3.92. The predicted octanol–water partition coefficient (Wildman–Crippen LogP) is -0.234. The molecule has 0 bridgehead atoms. The van der Waals surface area contributed by atoms with Gasteiger partial charge >= 0.3 is 11.9 Å². The Bertz CT molecular complexity index is 197. The van der Waals surface area contributed by atoms with Gasteiger partial charge in [0, 0.05) is 6.42 Å². The first-order valence-electron chi connectivity index (χ1n) is 2.74. The number of rotatable bonds is 4. The molecular formula is C5H7NO5. The molecule has 0 aromatic heterocycles. The molecule has 0 atom stereocenters. The topological polar surface area (TPSA) is 107 Å². The molecule has 0 amide bonds. The van der Waals surface area contributed by atoms with Crippen molar-refractivity contribution in [3.63, 3.8) is 0 Å². The maximum atomic E-state index is 10.1. The molecule has 11 heavy (non-hydrogen) atoms. The van der Waals surface area contributed by atoms with E-state index in [0.717, 1.165) is 0 Å². The number of carboxylic acids is 2. The van der Waals surface area contributed by atoms with E-state index < -0.39 is 17.7 Å². The van der Waals surface area contributed by atoms with Crippen LogP contribution >= 0.6 is 0 Å². The third kappa shape index (κ3) is 3.90. The highest BCUT2D eigenvalue weighted by Gasteiger charge is 2.11. The summed E-state index contributed by atoms with van der Waals surface area (Å²) in [6, 6.07) is 0. The number of hydrogen-bond acceptors (Lipinski definition) is 4. The SMILES string of the molecule is O=C(O)CCC(=NO)C(=O)O. The number of hydrogen-bond donors (Lipinski definition) is 3. The van der Waals surface area contributed by atoms with E-state index in [0.29, 0.717) is 0 Å². The summed E-state index contributed by atoms with van der Waals surface area (Å²) >= 11 is 0. The lowest BCUT2D eigenvalue weighted by molar-refractivity contribution is -0.136. The monoisotopic (exact) mass is 161 g/mol. The number of carbonyl (C=O) groups is 2. The third-order valence-electron chi connectivity index (χ3n) is 0.943. The molecule has 0 aliphatic heterocycles. The van der Waals surface area contributed by atoms with E-state index in [4.69, 9.17) is 15.4 Å². The molecule has 0 radical (unpaired) electrons.